The van der Waals surface area contributed by atoms with Crippen LogP contribution >= 0.6 is 12.4 Å². The molecule has 1 rings (SSSR count). The number of nitrogens with one attached hydrogen (secondary N) is 1. The van der Waals surface area contributed by atoms with Crippen molar-refractivity contribution in [3.05, 3.63) is 0 Å². The summed E-state index contributed by atoms with van der Waals surface area (Å²) in [5.41, 5.74) is 0. The lowest BCUT2D eigenvalue weighted by molar-refractivity contribution is -0.140. The largest absolute Gasteiger partial charge is 0.469 e. The molecule has 0 aromatic carbocycles. The molecule has 0 spiro atoms. The van der Waals surface area contributed by atoms with Crippen LogP contribution in [0, 0.1) is 5.92 Å². The number of halogens is 1. The molecule has 0 radical (unpaired) electrons. The smallest absolute Gasteiger partial charge is 0.305 e. The van der Waals surface area contributed by atoms with Crippen LogP contribution in [0.4, 0.5) is 0 Å². The average molecular weight is 194 g/mol. The molecule has 1 aliphatic heterocycles. The second-order valence-electron chi connectivity index (χ2n) is 2.97. The van der Waals surface area contributed by atoms with Crippen LogP contribution in [0.25, 0.3) is 0 Å². The van der Waals surface area contributed by atoms with Gasteiger partial charge in [0.05, 0.1) is 7.11 Å². The van der Waals surface area contributed by atoms with Crippen LogP contribution in [0.5, 0.6) is 0 Å². The van der Waals surface area contributed by atoms with E-state index in [2.05, 4.69) is 10.1 Å². The lowest BCUT2D eigenvalue weighted by Gasteiger charge is -2.05. The summed E-state index contributed by atoms with van der Waals surface area (Å²) in [7, 11) is 1.44. The molecule has 0 aromatic heterocycles. The maximum Gasteiger partial charge on any atom is 0.305 e. The SMILES string of the molecule is COC(=O)CCC1CCNC1.Cl. The van der Waals surface area contributed by atoms with E-state index in [9.17, 15) is 4.79 Å². The standard InChI is InChI=1S/C8H15NO2.ClH/c1-11-8(10)3-2-7-4-5-9-6-7;/h7,9H,2-6H2,1H3;1H. The average Bonchev–Trinajstić information content (AvgIpc) is 2.52. The van der Waals surface area contributed by atoms with Gasteiger partial charge in [0.25, 0.3) is 0 Å². The lowest BCUT2D eigenvalue weighted by atomic mass is 10.0. The zero-order chi connectivity index (χ0) is 8.10. The van der Waals surface area contributed by atoms with Crippen molar-refractivity contribution in [3.63, 3.8) is 0 Å². The maximum atomic E-state index is 10.7. The van der Waals surface area contributed by atoms with Gasteiger partial charge in [-0.05, 0) is 31.8 Å². The Morgan fingerprint density at radius 2 is 2.42 bits per heavy atom. The Kier molecular flexibility index (Phi) is 6.11. The minimum atomic E-state index is -0.0862. The Morgan fingerprint density at radius 3 is 2.92 bits per heavy atom. The fourth-order valence-corrected chi connectivity index (χ4v) is 1.38. The number of esters is 1. The van der Waals surface area contributed by atoms with E-state index < -0.39 is 0 Å². The Hall–Kier alpha value is -0.280. The topological polar surface area (TPSA) is 38.3 Å². The third-order valence-corrected chi connectivity index (χ3v) is 2.15. The second kappa shape index (κ2) is 6.26. The summed E-state index contributed by atoms with van der Waals surface area (Å²) < 4.78 is 4.55. The highest BCUT2D eigenvalue weighted by atomic mass is 35.5. The fraction of sp³-hybridized carbons (Fsp3) is 0.875. The number of ether oxygens (including phenoxy) is 1. The molecule has 0 saturated carbocycles. The van der Waals surface area contributed by atoms with Gasteiger partial charge in [0, 0.05) is 6.42 Å². The monoisotopic (exact) mass is 193 g/mol. The Bertz CT molecular complexity index is 135. The zero-order valence-corrected chi connectivity index (χ0v) is 8.15. The Labute approximate surface area is 79.3 Å². The van der Waals surface area contributed by atoms with Gasteiger partial charge in [-0.2, -0.15) is 0 Å². The van der Waals surface area contributed by atoms with E-state index in [-0.39, 0.29) is 18.4 Å². The van der Waals surface area contributed by atoms with Crippen LogP contribution in [0.15, 0.2) is 0 Å². The number of carbonyl (C=O) groups excluding carboxylic acids is 1. The van der Waals surface area contributed by atoms with Crippen LogP contribution in [0.1, 0.15) is 19.3 Å². The number of carbonyl (C=O) groups is 1. The summed E-state index contributed by atoms with van der Waals surface area (Å²) in [5.74, 6) is 0.603. The molecule has 0 aromatic rings. The van der Waals surface area contributed by atoms with Crippen molar-refractivity contribution >= 4 is 18.4 Å². The fourth-order valence-electron chi connectivity index (χ4n) is 1.38. The molecule has 3 nitrogen and oxygen atoms in total. The first-order valence-electron chi connectivity index (χ1n) is 4.10. The van der Waals surface area contributed by atoms with Gasteiger partial charge in [-0.1, -0.05) is 0 Å². The predicted molar refractivity (Wildman–Crippen MR) is 49.5 cm³/mol. The first-order valence-corrected chi connectivity index (χ1v) is 4.10. The van der Waals surface area contributed by atoms with Gasteiger partial charge in [-0.3, -0.25) is 4.79 Å². The normalized spacial score (nSPS) is 21.6. The zero-order valence-electron chi connectivity index (χ0n) is 7.34. The Morgan fingerprint density at radius 1 is 1.67 bits per heavy atom. The molecule has 1 fully saturated rings. The van der Waals surface area contributed by atoms with Crippen LogP contribution in [0.3, 0.4) is 0 Å². The van der Waals surface area contributed by atoms with Gasteiger partial charge < -0.3 is 10.1 Å². The molecule has 1 atom stereocenters. The van der Waals surface area contributed by atoms with Crippen LogP contribution < -0.4 is 5.32 Å². The van der Waals surface area contributed by atoms with Gasteiger partial charge in [-0.15, -0.1) is 12.4 Å². The van der Waals surface area contributed by atoms with Gasteiger partial charge >= 0.3 is 5.97 Å². The van der Waals surface area contributed by atoms with Crippen molar-refractivity contribution in [3.8, 4) is 0 Å². The highest BCUT2D eigenvalue weighted by Gasteiger charge is 2.15. The van der Waals surface area contributed by atoms with Crippen LogP contribution in [0.2, 0.25) is 0 Å². The van der Waals surface area contributed by atoms with E-state index in [1.54, 1.807) is 0 Å². The van der Waals surface area contributed by atoms with Gasteiger partial charge in [0.15, 0.2) is 0 Å². The molecule has 1 N–H and O–H groups in total. The molecule has 0 aliphatic carbocycles. The van der Waals surface area contributed by atoms with E-state index >= 15 is 0 Å². The Balaban J connectivity index is 0.00000121. The first-order chi connectivity index (χ1) is 5.33. The second-order valence-corrected chi connectivity index (χ2v) is 2.97. The summed E-state index contributed by atoms with van der Waals surface area (Å²) in [4.78, 5) is 10.7. The van der Waals surface area contributed by atoms with Gasteiger partial charge in [0.2, 0.25) is 0 Å². The summed E-state index contributed by atoms with van der Waals surface area (Å²) in [6.07, 6.45) is 2.75. The third-order valence-electron chi connectivity index (χ3n) is 2.15. The molecule has 4 heteroatoms. The van der Waals surface area contributed by atoms with E-state index in [0.29, 0.717) is 12.3 Å². The molecular weight excluding hydrogens is 178 g/mol. The van der Waals surface area contributed by atoms with Crippen LogP contribution in [-0.4, -0.2) is 26.2 Å². The highest BCUT2D eigenvalue weighted by molar-refractivity contribution is 5.85. The summed E-state index contributed by atoms with van der Waals surface area (Å²) in [6, 6.07) is 0. The molecule has 1 saturated heterocycles. The molecule has 1 heterocycles. The number of hydrogen-bond acceptors (Lipinski definition) is 3. The first kappa shape index (κ1) is 11.7. The third kappa shape index (κ3) is 3.93. The van der Waals surface area contributed by atoms with E-state index in [1.165, 1.54) is 13.5 Å². The van der Waals surface area contributed by atoms with Crippen LogP contribution in [-0.2, 0) is 9.53 Å². The summed E-state index contributed by atoms with van der Waals surface area (Å²) in [5, 5.41) is 3.26. The molecule has 0 amide bonds. The molecule has 12 heavy (non-hydrogen) atoms. The van der Waals surface area contributed by atoms with Gasteiger partial charge in [0.1, 0.15) is 0 Å². The molecule has 1 aliphatic rings. The van der Waals surface area contributed by atoms with Crippen molar-refractivity contribution in [2.24, 2.45) is 5.92 Å². The molecule has 0 bridgehead atoms. The number of hydrogen-bond donors (Lipinski definition) is 1. The van der Waals surface area contributed by atoms with Crippen molar-refractivity contribution in [2.45, 2.75) is 19.3 Å². The van der Waals surface area contributed by atoms with Crippen molar-refractivity contribution in [1.82, 2.24) is 5.32 Å². The maximum absolute atomic E-state index is 10.7. The summed E-state index contributed by atoms with van der Waals surface area (Å²) >= 11 is 0. The van der Waals surface area contributed by atoms with E-state index in [4.69, 9.17) is 0 Å². The van der Waals surface area contributed by atoms with Gasteiger partial charge in [-0.25, -0.2) is 0 Å². The van der Waals surface area contributed by atoms with Crippen molar-refractivity contribution in [2.75, 3.05) is 20.2 Å². The molecule has 1 unspecified atom stereocenters. The molecule has 72 valence electrons. The van der Waals surface area contributed by atoms with E-state index in [1.807, 2.05) is 0 Å². The minimum Gasteiger partial charge on any atom is -0.469 e. The highest BCUT2D eigenvalue weighted by Crippen LogP contribution is 2.14. The minimum absolute atomic E-state index is 0. The lowest BCUT2D eigenvalue weighted by Crippen LogP contribution is -2.10. The van der Waals surface area contributed by atoms with Crippen molar-refractivity contribution < 1.29 is 9.53 Å². The number of rotatable bonds is 3. The van der Waals surface area contributed by atoms with E-state index in [0.717, 1.165) is 19.5 Å². The number of methoxy groups -OCH3 is 1. The van der Waals surface area contributed by atoms with Crippen molar-refractivity contribution in [1.29, 1.82) is 0 Å². The quantitative estimate of drug-likeness (QED) is 0.679. The summed E-state index contributed by atoms with van der Waals surface area (Å²) in [6.45, 7) is 2.17. The predicted octanol–water partition coefficient (Wildman–Crippen LogP) is 0.971. The molecular formula is C8H16ClNO2.